The lowest BCUT2D eigenvalue weighted by molar-refractivity contribution is -0.131. The zero-order chi connectivity index (χ0) is 20.4. The molecule has 0 saturated carbocycles. The highest BCUT2D eigenvalue weighted by Crippen LogP contribution is 2.31. The molecule has 1 fully saturated rings. The number of hydrogen-bond acceptors (Lipinski definition) is 3. The lowest BCUT2D eigenvalue weighted by Gasteiger charge is -2.32. The fraction of sp³-hybridized carbons (Fsp3) is 0.261. The topological polar surface area (TPSA) is 76.3 Å². The Balaban J connectivity index is 1.48. The van der Waals surface area contributed by atoms with Crippen LogP contribution in [0.25, 0.3) is 10.9 Å². The number of benzene rings is 2. The van der Waals surface area contributed by atoms with Crippen molar-refractivity contribution in [3.05, 3.63) is 76.4 Å². The minimum atomic E-state index is -0.459. The summed E-state index contributed by atoms with van der Waals surface area (Å²) in [7, 11) is 0. The van der Waals surface area contributed by atoms with Gasteiger partial charge in [0.25, 0.3) is 5.91 Å². The molecule has 1 aromatic heterocycles. The van der Waals surface area contributed by atoms with Gasteiger partial charge in [0.15, 0.2) is 0 Å². The second kappa shape index (κ2) is 8.21. The number of piperidine rings is 1. The number of carbonyl (C=O) groups is 2. The zero-order valence-corrected chi connectivity index (χ0v) is 16.7. The molecule has 1 aliphatic rings. The van der Waals surface area contributed by atoms with Crippen molar-refractivity contribution < 1.29 is 9.59 Å². The van der Waals surface area contributed by atoms with E-state index < -0.39 is 5.91 Å². The van der Waals surface area contributed by atoms with Gasteiger partial charge in [0.2, 0.25) is 5.91 Å². The molecule has 0 bridgehead atoms. The standard InChI is InChI=1S/C23H22ClN3O2/c24-18-7-5-15(6-8-18)13-21(28)27-11-9-16(10-12-27)22-19(23(25)29)14-17-3-1-2-4-20(17)26-22/h1-8,14,16H,9-13H2,(H2,25,29). The normalized spacial score (nSPS) is 14.9. The summed E-state index contributed by atoms with van der Waals surface area (Å²) in [6.45, 7) is 1.29. The molecular formula is C23H22ClN3O2. The molecule has 1 saturated heterocycles. The molecule has 1 aliphatic heterocycles. The number of pyridine rings is 1. The number of aromatic nitrogens is 1. The molecule has 0 atom stereocenters. The van der Waals surface area contributed by atoms with Crippen LogP contribution in [0.3, 0.4) is 0 Å². The second-order valence-electron chi connectivity index (χ2n) is 7.44. The summed E-state index contributed by atoms with van der Waals surface area (Å²) in [6, 6.07) is 16.9. The van der Waals surface area contributed by atoms with Crippen molar-refractivity contribution in [2.75, 3.05) is 13.1 Å². The highest BCUT2D eigenvalue weighted by atomic mass is 35.5. The number of primary amides is 1. The van der Waals surface area contributed by atoms with Crippen LogP contribution in [0.2, 0.25) is 5.02 Å². The van der Waals surface area contributed by atoms with Gasteiger partial charge in [-0.2, -0.15) is 0 Å². The minimum Gasteiger partial charge on any atom is -0.366 e. The quantitative estimate of drug-likeness (QED) is 0.711. The fourth-order valence-electron chi connectivity index (χ4n) is 3.93. The summed E-state index contributed by atoms with van der Waals surface area (Å²) in [4.78, 5) is 31.3. The molecule has 2 heterocycles. The predicted octanol–water partition coefficient (Wildman–Crippen LogP) is 3.94. The molecule has 29 heavy (non-hydrogen) atoms. The molecule has 6 heteroatoms. The van der Waals surface area contributed by atoms with Gasteiger partial charge in [-0.25, -0.2) is 0 Å². The number of rotatable bonds is 4. The van der Waals surface area contributed by atoms with E-state index in [0.717, 1.165) is 35.0 Å². The summed E-state index contributed by atoms with van der Waals surface area (Å²) in [5, 5.41) is 1.57. The molecule has 3 aromatic rings. The first-order chi connectivity index (χ1) is 14.0. The molecule has 148 valence electrons. The summed E-state index contributed by atoms with van der Waals surface area (Å²) >= 11 is 5.91. The van der Waals surface area contributed by atoms with Gasteiger partial charge in [-0.05, 0) is 42.7 Å². The van der Waals surface area contributed by atoms with Crippen LogP contribution in [-0.4, -0.2) is 34.8 Å². The van der Waals surface area contributed by atoms with E-state index in [1.54, 1.807) is 12.1 Å². The van der Waals surface area contributed by atoms with E-state index in [9.17, 15) is 9.59 Å². The molecular weight excluding hydrogens is 386 g/mol. The van der Waals surface area contributed by atoms with Gasteiger partial charge in [0.1, 0.15) is 0 Å². The van der Waals surface area contributed by atoms with Crippen LogP contribution in [-0.2, 0) is 11.2 Å². The summed E-state index contributed by atoms with van der Waals surface area (Å²) < 4.78 is 0. The first kappa shape index (κ1) is 19.4. The van der Waals surface area contributed by atoms with Crippen LogP contribution >= 0.6 is 11.6 Å². The smallest absolute Gasteiger partial charge is 0.250 e. The van der Waals surface area contributed by atoms with E-state index in [2.05, 4.69) is 0 Å². The van der Waals surface area contributed by atoms with Gasteiger partial charge in [-0.15, -0.1) is 0 Å². The van der Waals surface area contributed by atoms with Gasteiger partial charge in [0.05, 0.1) is 23.2 Å². The van der Waals surface area contributed by atoms with Crippen molar-refractivity contribution >= 4 is 34.3 Å². The molecule has 2 aromatic carbocycles. The Kier molecular flexibility index (Phi) is 5.49. The van der Waals surface area contributed by atoms with Gasteiger partial charge in [0, 0.05) is 29.4 Å². The van der Waals surface area contributed by atoms with E-state index in [4.69, 9.17) is 22.3 Å². The lowest BCUT2D eigenvalue weighted by atomic mass is 9.89. The molecule has 0 spiro atoms. The monoisotopic (exact) mass is 407 g/mol. The lowest BCUT2D eigenvalue weighted by Crippen LogP contribution is -2.39. The fourth-order valence-corrected chi connectivity index (χ4v) is 4.06. The highest BCUT2D eigenvalue weighted by molar-refractivity contribution is 6.30. The number of amides is 2. The van der Waals surface area contributed by atoms with E-state index >= 15 is 0 Å². The maximum absolute atomic E-state index is 12.6. The molecule has 2 N–H and O–H groups in total. The van der Waals surface area contributed by atoms with Crippen molar-refractivity contribution in [2.45, 2.75) is 25.2 Å². The first-order valence-corrected chi connectivity index (χ1v) is 10.1. The summed E-state index contributed by atoms with van der Waals surface area (Å²) in [6.07, 6.45) is 1.89. The van der Waals surface area contributed by atoms with Crippen molar-refractivity contribution in [1.29, 1.82) is 0 Å². The second-order valence-corrected chi connectivity index (χ2v) is 7.87. The van der Waals surface area contributed by atoms with E-state index in [1.165, 1.54) is 0 Å². The number of nitrogens with two attached hydrogens (primary N) is 1. The first-order valence-electron chi connectivity index (χ1n) is 9.73. The number of hydrogen-bond donors (Lipinski definition) is 1. The number of halogens is 1. The number of likely N-dealkylation sites (tertiary alicyclic amines) is 1. The van der Waals surface area contributed by atoms with Gasteiger partial charge < -0.3 is 10.6 Å². The molecule has 0 unspecified atom stereocenters. The van der Waals surface area contributed by atoms with Crippen molar-refractivity contribution in [3.63, 3.8) is 0 Å². The highest BCUT2D eigenvalue weighted by Gasteiger charge is 2.27. The zero-order valence-electron chi connectivity index (χ0n) is 16.0. The Morgan fingerprint density at radius 3 is 2.45 bits per heavy atom. The Morgan fingerprint density at radius 1 is 1.07 bits per heavy atom. The van der Waals surface area contributed by atoms with Gasteiger partial charge in [-0.3, -0.25) is 14.6 Å². The SMILES string of the molecule is NC(=O)c1cc2ccccc2nc1C1CCN(C(=O)Cc2ccc(Cl)cc2)CC1. The van der Waals surface area contributed by atoms with Crippen LogP contribution in [0.5, 0.6) is 0 Å². The van der Waals surface area contributed by atoms with Gasteiger partial charge in [-0.1, -0.05) is 41.9 Å². The summed E-state index contributed by atoms with van der Waals surface area (Å²) in [5.41, 5.74) is 8.67. The largest absolute Gasteiger partial charge is 0.366 e. The molecule has 5 nitrogen and oxygen atoms in total. The van der Waals surface area contributed by atoms with Crippen LogP contribution in [0, 0.1) is 0 Å². The molecule has 0 aliphatic carbocycles. The maximum Gasteiger partial charge on any atom is 0.250 e. The van der Waals surface area contributed by atoms with E-state index in [1.807, 2.05) is 47.4 Å². The Hall–Kier alpha value is -2.92. The number of carbonyl (C=O) groups excluding carboxylic acids is 2. The Labute approximate surface area is 174 Å². The van der Waals surface area contributed by atoms with Crippen molar-refractivity contribution in [1.82, 2.24) is 9.88 Å². The number of nitrogens with zero attached hydrogens (tertiary/aromatic N) is 2. The molecule has 4 rings (SSSR count). The van der Waals surface area contributed by atoms with Crippen LogP contribution in [0.15, 0.2) is 54.6 Å². The van der Waals surface area contributed by atoms with E-state index in [-0.39, 0.29) is 11.8 Å². The summed E-state index contributed by atoms with van der Waals surface area (Å²) in [5.74, 6) is -0.242. The third-order valence-corrected chi connectivity index (χ3v) is 5.77. The molecule has 0 radical (unpaired) electrons. The maximum atomic E-state index is 12.6. The number of fused-ring (bicyclic) bond motifs is 1. The Bertz CT molecular complexity index is 1060. The third kappa shape index (κ3) is 4.25. The average molecular weight is 408 g/mol. The predicted molar refractivity (Wildman–Crippen MR) is 114 cm³/mol. The number of para-hydroxylation sites is 1. The van der Waals surface area contributed by atoms with Crippen LogP contribution in [0.1, 0.15) is 40.4 Å². The van der Waals surface area contributed by atoms with Gasteiger partial charge >= 0.3 is 0 Å². The average Bonchev–Trinajstić information content (AvgIpc) is 2.74. The van der Waals surface area contributed by atoms with Crippen LogP contribution < -0.4 is 5.73 Å². The Morgan fingerprint density at radius 2 is 1.76 bits per heavy atom. The van der Waals surface area contributed by atoms with Crippen LogP contribution in [0.4, 0.5) is 0 Å². The third-order valence-electron chi connectivity index (χ3n) is 5.52. The van der Waals surface area contributed by atoms with Crippen molar-refractivity contribution in [2.24, 2.45) is 5.73 Å². The van der Waals surface area contributed by atoms with E-state index in [0.29, 0.717) is 30.1 Å². The minimum absolute atomic E-state index is 0.104. The van der Waals surface area contributed by atoms with Crippen molar-refractivity contribution in [3.8, 4) is 0 Å². The molecule has 2 amide bonds.